The van der Waals surface area contributed by atoms with Crippen molar-refractivity contribution < 1.29 is 9.90 Å². The van der Waals surface area contributed by atoms with Crippen LogP contribution in [0, 0.1) is 0 Å². The van der Waals surface area contributed by atoms with Gasteiger partial charge in [0.2, 0.25) is 0 Å². The minimum absolute atomic E-state index is 0.188. The Hall–Kier alpha value is -1.91. The standard InChI is InChI=1S/C15H15ClN2O2/c16-14-9-12(6-7-17-14)15(20)18-10-13(19)8-11-4-2-1-3-5-11/h1-7,9,13,19H,8,10H2,(H,18,20)/t13-/m1/s1. The molecule has 0 bridgehead atoms. The van der Waals surface area contributed by atoms with E-state index in [0.29, 0.717) is 12.0 Å². The van der Waals surface area contributed by atoms with E-state index in [1.165, 1.54) is 12.3 Å². The molecule has 0 aliphatic heterocycles. The van der Waals surface area contributed by atoms with Crippen molar-refractivity contribution in [3.8, 4) is 0 Å². The molecule has 0 saturated carbocycles. The third-order valence-corrected chi connectivity index (χ3v) is 3.01. The number of amides is 1. The summed E-state index contributed by atoms with van der Waals surface area (Å²) in [6, 6.07) is 12.7. The second-order valence-corrected chi connectivity index (χ2v) is 4.81. The lowest BCUT2D eigenvalue weighted by atomic mass is 10.1. The molecule has 2 N–H and O–H groups in total. The van der Waals surface area contributed by atoms with Crippen LogP contribution in [0.2, 0.25) is 5.15 Å². The maximum atomic E-state index is 11.8. The van der Waals surface area contributed by atoms with Crippen LogP contribution in [0.1, 0.15) is 15.9 Å². The number of nitrogens with zero attached hydrogens (tertiary/aromatic N) is 1. The van der Waals surface area contributed by atoms with Crippen molar-refractivity contribution in [2.24, 2.45) is 0 Å². The van der Waals surface area contributed by atoms with Crippen LogP contribution in [0.3, 0.4) is 0 Å². The van der Waals surface area contributed by atoms with E-state index in [4.69, 9.17) is 11.6 Å². The summed E-state index contributed by atoms with van der Waals surface area (Å²) in [6.45, 7) is 0.188. The normalized spacial score (nSPS) is 11.9. The van der Waals surface area contributed by atoms with Gasteiger partial charge >= 0.3 is 0 Å². The van der Waals surface area contributed by atoms with E-state index in [-0.39, 0.29) is 17.6 Å². The van der Waals surface area contributed by atoms with Gasteiger partial charge in [-0.1, -0.05) is 41.9 Å². The summed E-state index contributed by atoms with van der Waals surface area (Å²) in [5.41, 5.74) is 1.46. The van der Waals surface area contributed by atoms with Gasteiger partial charge in [0.15, 0.2) is 0 Å². The van der Waals surface area contributed by atoms with Gasteiger partial charge in [0, 0.05) is 24.7 Å². The van der Waals surface area contributed by atoms with E-state index in [0.717, 1.165) is 5.56 Å². The van der Waals surface area contributed by atoms with Crippen molar-refractivity contribution in [3.05, 3.63) is 64.9 Å². The first kappa shape index (κ1) is 14.5. The van der Waals surface area contributed by atoms with E-state index in [9.17, 15) is 9.90 Å². The van der Waals surface area contributed by atoms with Crippen molar-refractivity contribution >= 4 is 17.5 Å². The summed E-state index contributed by atoms with van der Waals surface area (Å²) < 4.78 is 0. The van der Waals surface area contributed by atoms with E-state index in [1.807, 2.05) is 30.3 Å². The second-order valence-electron chi connectivity index (χ2n) is 4.42. The molecule has 0 aliphatic carbocycles. The molecule has 5 heteroatoms. The molecule has 0 radical (unpaired) electrons. The highest BCUT2D eigenvalue weighted by Crippen LogP contribution is 2.07. The number of carbonyl (C=O) groups is 1. The number of nitrogens with one attached hydrogen (secondary N) is 1. The van der Waals surface area contributed by atoms with Crippen molar-refractivity contribution in [1.29, 1.82) is 0 Å². The van der Waals surface area contributed by atoms with Gasteiger partial charge in [0.1, 0.15) is 5.15 Å². The lowest BCUT2D eigenvalue weighted by Gasteiger charge is -2.12. The van der Waals surface area contributed by atoms with Crippen molar-refractivity contribution in [2.75, 3.05) is 6.54 Å². The molecule has 2 rings (SSSR count). The van der Waals surface area contributed by atoms with Gasteiger partial charge in [0.05, 0.1) is 6.10 Å². The highest BCUT2D eigenvalue weighted by molar-refractivity contribution is 6.29. The molecule has 4 nitrogen and oxygen atoms in total. The molecule has 1 aromatic heterocycles. The lowest BCUT2D eigenvalue weighted by molar-refractivity contribution is 0.0916. The SMILES string of the molecule is O=C(NC[C@H](O)Cc1ccccc1)c1ccnc(Cl)c1. The van der Waals surface area contributed by atoms with Crippen molar-refractivity contribution in [3.63, 3.8) is 0 Å². The lowest BCUT2D eigenvalue weighted by Crippen LogP contribution is -2.33. The van der Waals surface area contributed by atoms with Gasteiger partial charge in [-0.2, -0.15) is 0 Å². The van der Waals surface area contributed by atoms with Crippen LogP contribution in [0.25, 0.3) is 0 Å². The number of rotatable bonds is 5. The van der Waals surface area contributed by atoms with E-state index < -0.39 is 6.10 Å². The maximum Gasteiger partial charge on any atom is 0.251 e. The predicted molar refractivity (Wildman–Crippen MR) is 77.7 cm³/mol. The average molecular weight is 291 g/mol. The zero-order valence-electron chi connectivity index (χ0n) is 10.8. The zero-order chi connectivity index (χ0) is 14.4. The molecule has 0 saturated heterocycles. The molecule has 1 heterocycles. The third-order valence-electron chi connectivity index (χ3n) is 2.80. The third kappa shape index (κ3) is 4.33. The molecule has 1 amide bonds. The number of carbonyl (C=O) groups excluding carboxylic acids is 1. The number of hydrogen-bond donors (Lipinski definition) is 2. The first-order valence-electron chi connectivity index (χ1n) is 6.27. The van der Waals surface area contributed by atoms with Gasteiger partial charge in [-0.25, -0.2) is 4.98 Å². The van der Waals surface area contributed by atoms with Crippen LogP contribution in [-0.2, 0) is 6.42 Å². The molecule has 0 aliphatic rings. The monoisotopic (exact) mass is 290 g/mol. The molecular formula is C15H15ClN2O2. The van der Waals surface area contributed by atoms with Gasteiger partial charge in [-0.15, -0.1) is 0 Å². The quantitative estimate of drug-likeness (QED) is 0.829. The summed E-state index contributed by atoms with van der Waals surface area (Å²) >= 11 is 5.72. The van der Waals surface area contributed by atoms with Crippen LogP contribution in [0.5, 0.6) is 0 Å². The molecule has 1 atom stereocenters. The Bertz CT molecular complexity index is 575. The topological polar surface area (TPSA) is 62.2 Å². The van der Waals surface area contributed by atoms with Crippen molar-refractivity contribution in [2.45, 2.75) is 12.5 Å². The molecule has 20 heavy (non-hydrogen) atoms. The molecule has 2 aromatic rings. The Balaban J connectivity index is 1.84. The highest BCUT2D eigenvalue weighted by Gasteiger charge is 2.10. The van der Waals surface area contributed by atoms with Gasteiger partial charge in [-0.3, -0.25) is 4.79 Å². The van der Waals surface area contributed by atoms with Crippen LogP contribution in [-0.4, -0.2) is 28.6 Å². The number of aromatic nitrogens is 1. The molecule has 0 spiro atoms. The summed E-state index contributed by atoms with van der Waals surface area (Å²) in [7, 11) is 0. The van der Waals surface area contributed by atoms with Crippen LogP contribution >= 0.6 is 11.6 Å². The van der Waals surface area contributed by atoms with E-state index in [1.54, 1.807) is 6.07 Å². The number of hydrogen-bond acceptors (Lipinski definition) is 3. The molecule has 0 fully saturated rings. The van der Waals surface area contributed by atoms with Crippen molar-refractivity contribution in [1.82, 2.24) is 10.3 Å². The fourth-order valence-electron chi connectivity index (χ4n) is 1.81. The Morgan fingerprint density at radius 2 is 2.05 bits per heavy atom. The number of benzene rings is 1. The molecular weight excluding hydrogens is 276 g/mol. The smallest absolute Gasteiger partial charge is 0.251 e. The van der Waals surface area contributed by atoms with E-state index >= 15 is 0 Å². The van der Waals surface area contributed by atoms with Crippen LogP contribution < -0.4 is 5.32 Å². The molecule has 1 aromatic carbocycles. The van der Waals surface area contributed by atoms with Crippen LogP contribution in [0.15, 0.2) is 48.7 Å². The number of aliphatic hydroxyl groups is 1. The Morgan fingerprint density at radius 3 is 2.75 bits per heavy atom. The van der Waals surface area contributed by atoms with Crippen LogP contribution in [0.4, 0.5) is 0 Å². The first-order chi connectivity index (χ1) is 9.65. The summed E-state index contributed by atoms with van der Waals surface area (Å²) in [4.78, 5) is 15.7. The molecule has 0 unspecified atom stereocenters. The average Bonchev–Trinajstić information content (AvgIpc) is 2.46. The van der Waals surface area contributed by atoms with E-state index in [2.05, 4.69) is 10.3 Å². The fourth-order valence-corrected chi connectivity index (χ4v) is 1.99. The number of halogens is 1. The number of pyridine rings is 1. The summed E-state index contributed by atoms with van der Waals surface area (Å²) in [5.74, 6) is -0.276. The first-order valence-corrected chi connectivity index (χ1v) is 6.64. The predicted octanol–water partition coefficient (Wildman–Crippen LogP) is 2.07. The Labute approximate surface area is 122 Å². The molecule has 104 valence electrons. The Kier molecular flexibility index (Phi) is 5.09. The fraction of sp³-hybridized carbons (Fsp3) is 0.200. The minimum atomic E-state index is -0.626. The maximum absolute atomic E-state index is 11.8. The Morgan fingerprint density at radius 1 is 1.30 bits per heavy atom. The second kappa shape index (κ2) is 7.03. The van der Waals surface area contributed by atoms with Gasteiger partial charge in [0.25, 0.3) is 5.91 Å². The largest absolute Gasteiger partial charge is 0.391 e. The highest BCUT2D eigenvalue weighted by atomic mass is 35.5. The number of aliphatic hydroxyl groups excluding tert-OH is 1. The summed E-state index contributed by atoms with van der Waals surface area (Å²) in [6.07, 6.45) is 1.34. The zero-order valence-corrected chi connectivity index (χ0v) is 11.5. The van der Waals surface area contributed by atoms with Gasteiger partial charge < -0.3 is 10.4 Å². The van der Waals surface area contributed by atoms with Gasteiger partial charge in [-0.05, 0) is 17.7 Å². The summed E-state index contributed by atoms with van der Waals surface area (Å²) in [5, 5.41) is 12.8. The minimum Gasteiger partial charge on any atom is -0.391 e.